The van der Waals surface area contributed by atoms with E-state index in [-0.39, 0.29) is 17.3 Å². The fourth-order valence-corrected chi connectivity index (χ4v) is 2.60. The summed E-state index contributed by atoms with van der Waals surface area (Å²) in [7, 11) is 0. The lowest BCUT2D eigenvalue weighted by Crippen LogP contribution is -2.43. The molecule has 0 heterocycles. The van der Waals surface area contributed by atoms with Crippen molar-refractivity contribution in [1.29, 1.82) is 0 Å². The van der Waals surface area contributed by atoms with Gasteiger partial charge in [-0.2, -0.15) is 0 Å². The van der Waals surface area contributed by atoms with Gasteiger partial charge in [0.2, 0.25) is 0 Å². The summed E-state index contributed by atoms with van der Waals surface area (Å²) in [4.78, 5) is 11.2. The molecule has 13 heavy (non-hydrogen) atoms. The summed E-state index contributed by atoms with van der Waals surface area (Å²) in [6, 6.07) is 0. The number of aliphatic hydroxyl groups is 1. The minimum Gasteiger partial charge on any atom is -0.392 e. The van der Waals surface area contributed by atoms with Crippen LogP contribution in [0.15, 0.2) is 12.2 Å². The van der Waals surface area contributed by atoms with Crippen LogP contribution in [0.2, 0.25) is 0 Å². The van der Waals surface area contributed by atoms with Crippen LogP contribution in [0.3, 0.4) is 0 Å². The summed E-state index contributed by atoms with van der Waals surface area (Å²) >= 11 is 0. The van der Waals surface area contributed by atoms with Crippen LogP contribution in [0.5, 0.6) is 0 Å². The number of fused-ring (bicyclic) bond motifs is 1. The molecule has 1 N–H and O–H groups in total. The molecule has 1 saturated carbocycles. The molecule has 2 heteroatoms. The van der Waals surface area contributed by atoms with Gasteiger partial charge in [-0.1, -0.05) is 19.4 Å². The Kier molecular flexibility index (Phi) is 2.03. The van der Waals surface area contributed by atoms with E-state index in [4.69, 9.17) is 0 Å². The highest BCUT2D eigenvalue weighted by molar-refractivity contribution is 5.91. The Morgan fingerprint density at radius 2 is 2.31 bits per heavy atom. The van der Waals surface area contributed by atoms with Crippen LogP contribution in [0.1, 0.15) is 32.6 Å². The van der Waals surface area contributed by atoms with Crippen molar-refractivity contribution in [3.05, 3.63) is 12.2 Å². The minimum atomic E-state index is -0.254. The average Bonchev–Trinajstić information content (AvgIpc) is 2.09. The van der Waals surface area contributed by atoms with Gasteiger partial charge < -0.3 is 5.11 Å². The van der Waals surface area contributed by atoms with E-state index in [9.17, 15) is 9.90 Å². The first kappa shape index (κ1) is 8.95. The number of ketones is 1. The molecule has 0 spiro atoms. The van der Waals surface area contributed by atoms with E-state index in [2.05, 4.69) is 6.92 Å². The second kappa shape index (κ2) is 2.95. The second-order valence-electron chi connectivity index (χ2n) is 4.51. The number of carbonyl (C=O) groups is 1. The third kappa shape index (κ3) is 1.33. The Hall–Kier alpha value is -0.630. The maximum absolute atomic E-state index is 11.2. The van der Waals surface area contributed by atoms with E-state index in [1.54, 1.807) is 6.08 Å². The topological polar surface area (TPSA) is 37.3 Å². The smallest absolute Gasteiger partial charge is 0.155 e. The molecule has 0 bridgehead atoms. The zero-order valence-electron chi connectivity index (χ0n) is 7.99. The standard InChI is InChI=1S/C11H16O2/c1-11-6-5-9(12)7-8(11)3-2-4-10(11)13/h5-6,8,10,13H,2-4,7H2,1H3. The number of allylic oxidation sites excluding steroid dienone is 1. The fourth-order valence-electron chi connectivity index (χ4n) is 2.60. The van der Waals surface area contributed by atoms with Crippen LogP contribution in [0.4, 0.5) is 0 Å². The summed E-state index contributed by atoms with van der Waals surface area (Å²) in [5.41, 5.74) is -0.133. The van der Waals surface area contributed by atoms with E-state index in [0.29, 0.717) is 12.3 Å². The maximum Gasteiger partial charge on any atom is 0.155 e. The number of hydrogen-bond donors (Lipinski definition) is 1. The summed E-state index contributed by atoms with van der Waals surface area (Å²) in [6.45, 7) is 2.07. The molecule has 0 aromatic rings. The molecule has 2 rings (SSSR count). The molecular weight excluding hydrogens is 164 g/mol. The molecule has 0 aliphatic heterocycles. The Bertz CT molecular complexity index is 257. The third-order valence-corrected chi connectivity index (χ3v) is 3.70. The summed E-state index contributed by atoms with van der Waals surface area (Å²) in [5.74, 6) is 0.588. The number of carbonyl (C=O) groups excluding carboxylic acids is 1. The van der Waals surface area contributed by atoms with Gasteiger partial charge in [0.1, 0.15) is 0 Å². The van der Waals surface area contributed by atoms with Crippen LogP contribution in [0, 0.1) is 11.3 Å². The van der Waals surface area contributed by atoms with Crippen LogP contribution < -0.4 is 0 Å². The molecule has 3 unspecified atom stereocenters. The lowest BCUT2D eigenvalue weighted by molar-refractivity contribution is -0.119. The van der Waals surface area contributed by atoms with Crippen molar-refractivity contribution in [2.24, 2.45) is 11.3 Å². The summed E-state index contributed by atoms with van der Waals surface area (Å²) in [6.07, 6.45) is 6.97. The van der Waals surface area contributed by atoms with Gasteiger partial charge >= 0.3 is 0 Å². The van der Waals surface area contributed by atoms with E-state index >= 15 is 0 Å². The first-order valence-electron chi connectivity index (χ1n) is 5.03. The first-order valence-corrected chi connectivity index (χ1v) is 5.03. The van der Waals surface area contributed by atoms with Crippen molar-refractivity contribution >= 4 is 5.78 Å². The Morgan fingerprint density at radius 1 is 1.54 bits per heavy atom. The zero-order chi connectivity index (χ0) is 9.47. The first-order chi connectivity index (χ1) is 6.13. The Balaban J connectivity index is 2.30. The molecule has 2 aliphatic carbocycles. The quantitative estimate of drug-likeness (QED) is 0.616. The fraction of sp³-hybridized carbons (Fsp3) is 0.727. The van der Waals surface area contributed by atoms with Crippen LogP contribution in [-0.2, 0) is 4.79 Å². The molecule has 0 saturated heterocycles. The van der Waals surface area contributed by atoms with Gasteiger partial charge in [0.05, 0.1) is 6.10 Å². The van der Waals surface area contributed by atoms with Crippen molar-refractivity contribution < 1.29 is 9.90 Å². The molecule has 2 aliphatic rings. The third-order valence-electron chi connectivity index (χ3n) is 3.70. The van der Waals surface area contributed by atoms with Gasteiger partial charge in [-0.05, 0) is 24.8 Å². The monoisotopic (exact) mass is 180 g/mol. The molecule has 0 aromatic heterocycles. The predicted molar refractivity (Wildman–Crippen MR) is 50.2 cm³/mol. The molecule has 3 atom stereocenters. The number of aliphatic hydroxyl groups excluding tert-OH is 1. The maximum atomic E-state index is 11.2. The van der Waals surface area contributed by atoms with Crippen molar-refractivity contribution in [3.63, 3.8) is 0 Å². The van der Waals surface area contributed by atoms with Crippen molar-refractivity contribution in [2.45, 2.75) is 38.7 Å². The van der Waals surface area contributed by atoms with Crippen molar-refractivity contribution in [2.75, 3.05) is 0 Å². The van der Waals surface area contributed by atoms with Gasteiger partial charge in [-0.15, -0.1) is 0 Å². The SMILES string of the molecule is CC12C=CC(=O)CC1CCCC2O. The molecule has 1 fully saturated rings. The summed E-state index contributed by atoms with van der Waals surface area (Å²) in [5, 5.41) is 9.89. The van der Waals surface area contributed by atoms with Gasteiger partial charge in [0, 0.05) is 11.8 Å². The lowest BCUT2D eigenvalue weighted by Gasteiger charge is -2.44. The minimum absolute atomic E-state index is 0.133. The molecule has 72 valence electrons. The highest BCUT2D eigenvalue weighted by Crippen LogP contribution is 2.46. The predicted octanol–water partition coefficient (Wildman–Crippen LogP) is 1.68. The van der Waals surface area contributed by atoms with Crippen molar-refractivity contribution in [3.8, 4) is 0 Å². The number of hydrogen-bond acceptors (Lipinski definition) is 2. The largest absolute Gasteiger partial charge is 0.392 e. The Labute approximate surface area is 78.6 Å². The highest BCUT2D eigenvalue weighted by Gasteiger charge is 2.43. The van der Waals surface area contributed by atoms with Crippen LogP contribution in [0.25, 0.3) is 0 Å². The van der Waals surface area contributed by atoms with E-state index < -0.39 is 0 Å². The average molecular weight is 180 g/mol. The second-order valence-corrected chi connectivity index (χ2v) is 4.51. The van der Waals surface area contributed by atoms with Crippen LogP contribution >= 0.6 is 0 Å². The van der Waals surface area contributed by atoms with Crippen molar-refractivity contribution in [1.82, 2.24) is 0 Å². The highest BCUT2D eigenvalue weighted by atomic mass is 16.3. The zero-order valence-corrected chi connectivity index (χ0v) is 7.99. The summed E-state index contributed by atoms with van der Waals surface area (Å²) < 4.78 is 0. The lowest BCUT2D eigenvalue weighted by atomic mass is 9.62. The number of rotatable bonds is 0. The normalized spacial score (nSPS) is 44.6. The van der Waals surface area contributed by atoms with Gasteiger partial charge in [-0.25, -0.2) is 0 Å². The van der Waals surface area contributed by atoms with E-state index in [1.165, 1.54) is 0 Å². The molecule has 2 nitrogen and oxygen atoms in total. The molecular formula is C11H16O2. The molecule has 0 amide bonds. The van der Waals surface area contributed by atoms with E-state index in [1.807, 2.05) is 6.08 Å². The van der Waals surface area contributed by atoms with Gasteiger partial charge in [0.25, 0.3) is 0 Å². The van der Waals surface area contributed by atoms with Gasteiger partial charge in [-0.3, -0.25) is 4.79 Å². The molecule has 0 aromatic carbocycles. The molecule has 0 radical (unpaired) electrons. The van der Waals surface area contributed by atoms with E-state index in [0.717, 1.165) is 19.3 Å². The van der Waals surface area contributed by atoms with Crippen LogP contribution in [-0.4, -0.2) is 17.0 Å². The van der Waals surface area contributed by atoms with Gasteiger partial charge in [0.15, 0.2) is 5.78 Å². The Morgan fingerprint density at radius 3 is 3.08 bits per heavy atom.